The predicted molar refractivity (Wildman–Crippen MR) is 53.5 cm³/mol. The first-order chi connectivity index (χ1) is 6.97. The quantitative estimate of drug-likeness (QED) is 0.488. The van der Waals surface area contributed by atoms with Crippen LogP contribution in [0.4, 0.5) is 14.6 Å². The standard InChI is InChI=1S/C7H4BrClF2N2O2/c8-2-5-4(9)1-3(6(10)11)7(12-5)13(14)15/h1,6H,2H2. The second-order valence-corrected chi connectivity index (χ2v) is 3.49. The number of aromatic nitrogens is 1. The van der Waals surface area contributed by atoms with Crippen molar-refractivity contribution in [3.8, 4) is 0 Å². The van der Waals surface area contributed by atoms with E-state index in [0.717, 1.165) is 6.07 Å². The molecule has 82 valence electrons. The maximum absolute atomic E-state index is 12.4. The molecular weight excluding hydrogens is 297 g/mol. The van der Waals surface area contributed by atoms with E-state index in [1.54, 1.807) is 0 Å². The van der Waals surface area contributed by atoms with Crippen LogP contribution in [0.1, 0.15) is 17.7 Å². The Balaban J connectivity index is 3.39. The minimum atomic E-state index is -2.97. The summed E-state index contributed by atoms with van der Waals surface area (Å²) in [6.45, 7) is 0. The fraction of sp³-hybridized carbons (Fsp3) is 0.286. The zero-order valence-corrected chi connectivity index (χ0v) is 9.43. The maximum Gasteiger partial charge on any atom is 0.372 e. The highest BCUT2D eigenvalue weighted by molar-refractivity contribution is 9.08. The molecule has 0 fully saturated rings. The monoisotopic (exact) mass is 300 g/mol. The van der Waals surface area contributed by atoms with Crippen LogP contribution in [0.15, 0.2) is 6.07 Å². The van der Waals surface area contributed by atoms with Gasteiger partial charge in [0.2, 0.25) is 0 Å². The normalized spacial score (nSPS) is 10.7. The van der Waals surface area contributed by atoms with Gasteiger partial charge in [-0.25, -0.2) is 8.78 Å². The van der Waals surface area contributed by atoms with Gasteiger partial charge in [-0.2, -0.15) is 0 Å². The molecule has 0 N–H and O–H groups in total. The molecule has 4 nitrogen and oxygen atoms in total. The number of halogens is 4. The molecule has 1 heterocycles. The topological polar surface area (TPSA) is 56.0 Å². The van der Waals surface area contributed by atoms with Crippen LogP contribution in [-0.4, -0.2) is 9.91 Å². The van der Waals surface area contributed by atoms with Crippen LogP contribution in [0, 0.1) is 10.1 Å². The molecular formula is C7H4BrClF2N2O2. The first-order valence-corrected chi connectivity index (χ1v) is 5.15. The van der Waals surface area contributed by atoms with Crippen LogP contribution in [0.25, 0.3) is 0 Å². The molecule has 1 aromatic rings. The van der Waals surface area contributed by atoms with Gasteiger partial charge in [-0.1, -0.05) is 27.5 Å². The number of alkyl halides is 3. The van der Waals surface area contributed by atoms with Crippen molar-refractivity contribution in [2.45, 2.75) is 11.8 Å². The Morgan fingerprint density at radius 2 is 2.27 bits per heavy atom. The molecule has 0 aliphatic rings. The third-order valence-electron chi connectivity index (χ3n) is 1.59. The van der Waals surface area contributed by atoms with Crippen LogP contribution < -0.4 is 0 Å². The van der Waals surface area contributed by atoms with E-state index < -0.39 is 22.7 Å². The van der Waals surface area contributed by atoms with Crippen molar-refractivity contribution in [1.29, 1.82) is 0 Å². The summed E-state index contributed by atoms with van der Waals surface area (Å²) in [4.78, 5) is 13.0. The van der Waals surface area contributed by atoms with Gasteiger partial charge in [0.25, 0.3) is 6.43 Å². The molecule has 0 saturated heterocycles. The SMILES string of the molecule is O=[N+]([O-])c1nc(CBr)c(Cl)cc1C(F)F. The number of rotatable bonds is 3. The van der Waals surface area contributed by atoms with Gasteiger partial charge >= 0.3 is 5.82 Å². The smallest absolute Gasteiger partial charge is 0.358 e. The third kappa shape index (κ3) is 2.60. The van der Waals surface area contributed by atoms with Gasteiger partial charge in [-0.15, -0.1) is 0 Å². The van der Waals surface area contributed by atoms with E-state index in [-0.39, 0.29) is 16.0 Å². The highest BCUT2D eigenvalue weighted by atomic mass is 79.9. The van der Waals surface area contributed by atoms with Gasteiger partial charge in [-0.05, 0) is 16.0 Å². The van der Waals surface area contributed by atoms with E-state index in [1.165, 1.54) is 0 Å². The molecule has 0 bridgehead atoms. The minimum Gasteiger partial charge on any atom is -0.358 e. The van der Waals surface area contributed by atoms with Crippen molar-refractivity contribution in [1.82, 2.24) is 4.98 Å². The minimum absolute atomic E-state index is 0.0206. The van der Waals surface area contributed by atoms with Gasteiger partial charge in [0.05, 0.1) is 10.4 Å². The summed E-state index contributed by atoms with van der Waals surface area (Å²) >= 11 is 8.60. The van der Waals surface area contributed by atoms with E-state index in [2.05, 4.69) is 20.9 Å². The molecule has 8 heteroatoms. The molecule has 0 aliphatic carbocycles. The lowest BCUT2D eigenvalue weighted by molar-refractivity contribution is -0.391. The largest absolute Gasteiger partial charge is 0.372 e. The van der Waals surface area contributed by atoms with Crippen LogP contribution >= 0.6 is 27.5 Å². The lowest BCUT2D eigenvalue weighted by Crippen LogP contribution is -2.02. The molecule has 0 radical (unpaired) electrons. The van der Waals surface area contributed by atoms with Crippen molar-refractivity contribution in [2.75, 3.05) is 0 Å². The Labute approximate surface area is 96.5 Å². The van der Waals surface area contributed by atoms with Gasteiger partial charge in [0.15, 0.2) is 5.69 Å². The van der Waals surface area contributed by atoms with Crippen molar-refractivity contribution >= 4 is 33.3 Å². The van der Waals surface area contributed by atoms with Crippen LogP contribution in [0.3, 0.4) is 0 Å². The van der Waals surface area contributed by atoms with Gasteiger partial charge in [0.1, 0.15) is 5.56 Å². The summed E-state index contributed by atoms with van der Waals surface area (Å²) < 4.78 is 24.8. The zero-order valence-electron chi connectivity index (χ0n) is 7.08. The first-order valence-electron chi connectivity index (χ1n) is 3.65. The fourth-order valence-corrected chi connectivity index (χ4v) is 1.75. The zero-order chi connectivity index (χ0) is 11.6. The highest BCUT2D eigenvalue weighted by Gasteiger charge is 2.26. The molecule has 0 atom stereocenters. The number of nitrogens with zero attached hydrogens (tertiary/aromatic N) is 2. The van der Waals surface area contributed by atoms with Crippen LogP contribution in [0.2, 0.25) is 5.02 Å². The molecule has 1 rings (SSSR count). The van der Waals surface area contributed by atoms with Crippen molar-refractivity contribution in [3.63, 3.8) is 0 Å². The molecule has 1 aromatic heterocycles. The fourth-order valence-electron chi connectivity index (χ4n) is 0.931. The summed E-state index contributed by atoms with van der Waals surface area (Å²) in [5.74, 6) is -0.858. The van der Waals surface area contributed by atoms with E-state index in [1.807, 2.05) is 0 Å². The average molecular weight is 301 g/mol. The van der Waals surface area contributed by atoms with E-state index >= 15 is 0 Å². The molecule has 15 heavy (non-hydrogen) atoms. The van der Waals surface area contributed by atoms with Crippen LogP contribution in [0.5, 0.6) is 0 Å². The molecule has 0 unspecified atom stereocenters. The lowest BCUT2D eigenvalue weighted by Gasteiger charge is -2.03. The number of pyridine rings is 1. The van der Waals surface area contributed by atoms with Crippen molar-refractivity contribution in [2.24, 2.45) is 0 Å². The third-order valence-corrected chi connectivity index (χ3v) is 2.45. The molecule has 0 aromatic carbocycles. The summed E-state index contributed by atoms with van der Waals surface area (Å²) in [5, 5.41) is 10.6. The second-order valence-electron chi connectivity index (χ2n) is 2.52. The van der Waals surface area contributed by atoms with Gasteiger partial charge in [0, 0.05) is 0 Å². The molecule has 0 saturated carbocycles. The Bertz CT molecular complexity index is 403. The summed E-state index contributed by atoms with van der Waals surface area (Å²) in [6, 6.07) is 0.869. The van der Waals surface area contributed by atoms with Gasteiger partial charge < -0.3 is 10.1 Å². The highest BCUT2D eigenvalue weighted by Crippen LogP contribution is 2.31. The van der Waals surface area contributed by atoms with Gasteiger partial charge in [-0.3, -0.25) is 0 Å². The Hall–Kier alpha value is -0.820. The average Bonchev–Trinajstić information content (AvgIpc) is 2.16. The van der Waals surface area contributed by atoms with Crippen molar-refractivity contribution < 1.29 is 13.7 Å². The predicted octanol–water partition coefficient (Wildman–Crippen LogP) is 3.48. The summed E-state index contributed by atoms with van der Waals surface area (Å²) in [5.41, 5.74) is -0.609. The molecule has 0 aliphatic heterocycles. The Morgan fingerprint density at radius 3 is 2.67 bits per heavy atom. The second kappa shape index (κ2) is 4.80. The van der Waals surface area contributed by atoms with Crippen molar-refractivity contribution in [3.05, 3.63) is 32.5 Å². The number of hydrogen-bond acceptors (Lipinski definition) is 3. The number of hydrogen-bond donors (Lipinski definition) is 0. The van der Waals surface area contributed by atoms with E-state index in [9.17, 15) is 18.9 Å². The lowest BCUT2D eigenvalue weighted by atomic mass is 10.2. The van der Waals surface area contributed by atoms with E-state index in [4.69, 9.17) is 11.6 Å². The van der Waals surface area contributed by atoms with Crippen LogP contribution in [-0.2, 0) is 5.33 Å². The maximum atomic E-state index is 12.4. The first kappa shape index (κ1) is 12.3. The summed E-state index contributed by atoms with van der Waals surface area (Å²) in [7, 11) is 0. The Morgan fingerprint density at radius 1 is 1.67 bits per heavy atom. The molecule has 0 spiro atoms. The summed E-state index contributed by atoms with van der Waals surface area (Å²) in [6.07, 6.45) is -2.97. The van der Waals surface area contributed by atoms with E-state index in [0.29, 0.717) is 0 Å². The number of nitro groups is 1. The molecule has 0 amide bonds. The Kier molecular flexibility index (Phi) is 3.92.